The third-order valence-corrected chi connectivity index (χ3v) is 3.35. The molecule has 1 aliphatic heterocycles. The first-order valence-electron chi connectivity index (χ1n) is 6.59. The van der Waals surface area contributed by atoms with Crippen LogP contribution in [-0.4, -0.2) is 33.8 Å². The van der Waals surface area contributed by atoms with Gasteiger partial charge in [-0.2, -0.15) is 0 Å². The summed E-state index contributed by atoms with van der Waals surface area (Å²) >= 11 is 0. The molecule has 1 N–H and O–H groups in total. The Morgan fingerprint density at radius 2 is 2.11 bits per heavy atom. The van der Waals surface area contributed by atoms with Crippen molar-refractivity contribution in [2.75, 3.05) is 0 Å². The Morgan fingerprint density at radius 1 is 1.37 bits per heavy atom. The summed E-state index contributed by atoms with van der Waals surface area (Å²) in [6.45, 7) is 5.81. The van der Waals surface area contributed by atoms with Gasteiger partial charge in [-0.1, -0.05) is 13.8 Å². The minimum atomic E-state index is -0.442. The van der Waals surface area contributed by atoms with Crippen LogP contribution in [0.15, 0.2) is 10.6 Å². The molecule has 0 bridgehead atoms. The first-order chi connectivity index (χ1) is 9.06. The summed E-state index contributed by atoms with van der Waals surface area (Å²) in [5.74, 6) is 1.000. The lowest BCUT2D eigenvalue weighted by atomic mass is 10.0. The minimum absolute atomic E-state index is 0.0650. The van der Waals surface area contributed by atoms with E-state index >= 15 is 0 Å². The van der Waals surface area contributed by atoms with E-state index in [0.29, 0.717) is 24.5 Å². The fraction of sp³-hybridized carbons (Fsp3) is 0.615. The van der Waals surface area contributed by atoms with Crippen LogP contribution in [0.2, 0.25) is 0 Å². The number of carbonyl (C=O) groups is 2. The Balaban J connectivity index is 2.21. The average Bonchev–Trinajstić information content (AvgIpc) is 2.79. The van der Waals surface area contributed by atoms with Gasteiger partial charge in [0.1, 0.15) is 17.8 Å². The normalized spacial score (nSPS) is 23.6. The van der Waals surface area contributed by atoms with E-state index in [9.17, 15) is 9.59 Å². The summed E-state index contributed by atoms with van der Waals surface area (Å²) in [5, 5.41) is 2.76. The van der Waals surface area contributed by atoms with Gasteiger partial charge in [-0.15, -0.1) is 0 Å². The molecular weight excluding hydrogens is 246 g/mol. The van der Waals surface area contributed by atoms with Crippen LogP contribution in [-0.2, 0) is 16.1 Å². The maximum atomic E-state index is 12.3. The molecule has 2 amide bonds. The van der Waals surface area contributed by atoms with Crippen molar-refractivity contribution in [3.05, 3.63) is 17.8 Å². The number of amides is 2. The molecule has 104 valence electrons. The summed E-state index contributed by atoms with van der Waals surface area (Å²) in [5.41, 5.74) is 0. The molecule has 0 aromatic carbocycles. The Labute approximate surface area is 112 Å². The van der Waals surface area contributed by atoms with Crippen LogP contribution < -0.4 is 5.32 Å². The van der Waals surface area contributed by atoms with Gasteiger partial charge >= 0.3 is 0 Å². The topological polar surface area (TPSA) is 75.4 Å². The smallest absolute Gasteiger partial charge is 0.246 e. The van der Waals surface area contributed by atoms with E-state index in [1.165, 1.54) is 0 Å². The van der Waals surface area contributed by atoms with Crippen LogP contribution in [0.1, 0.15) is 38.3 Å². The van der Waals surface area contributed by atoms with Crippen molar-refractivity contribution in [1.29, 1.82) is 0 Å². The van der Waals surface area contributed by atoms with E-state index in [1.54, 1.807) is 18.0 Å². The van der Waals surface area contributed by atoms with Gasteiger partial charge in [-0.25, -0.2) is 4.98 Å². The molecule has 0 spiro atoms. The second-order valence-corrected chi connectivity index (χ2v) is 4.72. The monoisotopic (exact) mass is 265 g/mol. The van der Waals surface area contributed by atoms with Crippen LogP contribution in [0.4, 0.5) is 0 Å². The van der Waals surface area contributed by atoms with Crippen molar-refractivity contribution < 1.29 is 14.0 Å². The van der Waals surface area contributed by atoms with Crippen LogP contribution in [0.3, 0.4) is 0 Å². The van der Waals surface area contributed by atoms with E-state index in [1.807, 2.05) is 13.8 Å². The van der Waals surface area contributed by atoms with Crippen LogP contribution >= 0.6 is 0 Å². The van der Waals surface area contributed by atoms with E-state index in [-0.39, 0.29) is 18.4 Å². The number of nitrogens with one attached hydrogen (secondary N) is 1. The lowest BCUT2D eigenvalue weighted by Gasteiger charge is -2.37. The molecule has 1 aliphatic rings. The second-order valence-electron chi connectivity index (χ2n) is 4.72. The lowest BCUT2D eigenvalue weighted by Crippen LogP contribution is -2.62. The molecule has 0 saturated carbocycles. The summed E-state index contributed by atoms with van der Waals surface area (Å²) < 4.78 is 5.39. The molecule has 2 atom stereocenters. The quantitative estimate of drug-likeness (QED) is 0.881. The zero-order valence-electron chi connectivity index (χ0n) is 11.5. The molecule has 0 aliphatic carbocycles. The van der Waals surface area contributed by atoms with Crippen LogP contribution in [0.5, 0.6) is 0 Å². The number of hydrogen-bond donors (Lipinski definition) is 1. The number of aromatic nitrogens is 1. The summed E-state index contributed by atoms with van der Waals surface area (Å²) in [6, 6.07) is -0.881. The maximum absolute atomic E-state index is 12.3. The molecule has 0 radical (unpaired) electrons. The summed E-state index contributed by atoms with van der Waals surface area (Å²) in [4.78, 5) is 30.0. The van der Waals surface area contributed by atoms with Crippen LogP contribution in [0.25, 0.3) is 0 Å². The zero-order chi connectivity index (χ0) is 14.0. The number of hydrogen-bond acceptors (Lipinski definition) is 4. The molecule has 1 aromatic heterocycles. The molecule has 6 nitrogen and oxygen atoms in total. The highest BCUT2D eigenvalue weighted by molar-refractivity contribution is 5.96. The third-order valence-electron chi connectivity index (χ3n) is 3.35. The molecule has 2 heterocycles. The van der Waals surface area contributed by atoms with Crippen molar-refractivity contribution in [3.8, 4) is 0 Å². The number of nitrogens with zero attached hydrogens (tertiary/aromatic N) is 2. The van der Waals surface area contributed by atoms with Gasteiger partial charge in [0.25, 0.3) is 0 Å². The van der Waals surface area contributed by atoms with Crippen molar-refractivity contribution >= 4 is 11.8 Å². The van der Waals surface area contributed by atoms with Gasteiger partial charge in [-0.3, -0.25) is 9.59 Å². The van der Waals surface area contributed by atoms with Crippen molar-refractivity contribution in [1.82, 2.24) is 15.2 Å². The summed E-state index contributed by atoms with van der Waals surface area (Å²) in [7, 11) is 0. The molecule has 1 saturated heterocycles. The molecular formula is C13H19N3O3. The average molecular weight is 265 g/mol. The third kappa shape index (κ3) is 2.62. The van der Waals surface area contributed by atoms with Crippen molar-refractivity contribution in [2.45, 2.75) is 52.2 Å². The van der Waals surface area contributed by atoms with Gasteiger partial charge < -0.3 is 14.6 Å². The fourth-order valence-electron chi connectivity index (χ4n) is 2.32. The van der Waals surface area contributed by atoms with Crippen LogP contribution in [0, 0.1) is 6.92 Å². The standard InChI is InChI=1S/C13H19N3O3/c1-4-9-13(18)16(10(5-2)12(17)15-9)7-11-14-6-8(3)19-11/h6,9-10H,4-5,7H2,1-3H3,(H,15,17). The largest absolute Gasteiger partial charge is 0.444 e. The van der Waals surface area contributed by atoms with E-state index in [4.69, 9.17) is 4.42 Å². The first-order valence-corrected chi connectivity index (χ1v) is 6.59. The van der Waals surface area contributed by atoms with Gasteiger partial charge in [0.05, 0.1) is 12.7 Å². The molecule has 6 heteroatoms. The minimum Gasteiger partial charge on any atom is -0.444 e. The maximum Gasteiger partial charge on any atom is 0.246 e. The Bertz CT molecular complexity index is 483. The number of oxazole rings is 1. The predicted octanol–water partition coefficient (Wildman–Crippen LogP) is 0.999. The molecule has 2 rings (SSSR count). The first kappa shape index (κ1) is 13.6. The second kappa shape index (κ2) is 5.42. The Morgan fingerprint density at radius 3 is 2.63 bits per heavy atom. The number of carbonyl (C=O) groups excluding carboxylic acids is 2. The van der Waals surface area contributed by atoms with E-state index in [2.05, 4.69) is 10.3 Å². The predicted molar refractivity (Wildman–Crippen MR) is 68.1 cm³/mol. The Kier molecular flexibility index (Phi) is 3.87. The van der Waals surface area contributed by atoms with Gasteiger partial charge in [-0.05, 0) is 19.8 Å². The molecule has 19 heavy (non-hydrogen) atoms. The van der Waals surface area contributed by atoms with Gasteiger partial charge in [0.15, 0.2) is 0 Å². The Hall–Kier alpha value is -1.85. The van der Waals surface area contributed by atoms with Crippen molar-refractivity contribution in [3.63, 3.8) is 0 Å². The zero-order valence-corrected chi connectivity index (χ0v) is 11.5. The molecule has 1 aromatic rings. The van der Waals surface area contributed by atoms with Gasteiger partial charge in [0.2, 0.25) is 17.7 Å². The SMILES string of the molecule is CCC1NC(=O)C(CC)N(Cc2ncc(C)o2)C1=O. The number of rotatable bonds is 4. The van der Waals surface area contributed by atoms with E-state index < -0.39 is 12.1 Å². The number of aryl methyl sites for hydroxylation is 1. The highest BCUT2D eigenvalue weighted by Gasteiger charge is 2.39. The van der Waals surface area contributed by atoms with Crippen molar-refractivity contribution in [2.24, 2.45) is 0 Å². The number of piperazine rings is 1. The van der Waals surface area contributed by atoms with E-state index in [0.717, 1.165) is 0 Å². The lowest BCUT2D eigenvalue weighted by molar-refractivity contribution is -0.150. The summed E-state index contributed by atoms with van der Waals surface area (Å²) in [6.07, 6.45) is 2.78. The fourth-order valence-corrected chi connectivity index (χ4v) is 2.32. The molecule has 1 fully saturated rings. The highest BCUT2D eigenvalue weighted by Crippen LogP contribution is 2.18. The van der Waals surface area contributed by atoms with Gasteiger partial charge in [0, 0.05) is 0 Å². The molecule has 2 unspecified atom stereocenters. The highest BCUT2D eigenvalue weighted by atomic mass is 16.4.